The fourth-order valence-electron chi connectivity index (χ4n) is 3.42. The summed E-state index contributed by atoms with van der Waals surface area (Å²) in [6.07, 6.45) is 1.74. The average molecular weight is 421 g/mol. The van der Waals surface area contributed by atoms with E-state index in [9.17, 15) is 4.79 Å². The van der Waals surface area contributed by atoms with Gasteiger partial charge in [0.15, 0.2) is 11.5 Å². The number of amides is 1. The lowest BCUT2D eigenvalue weighted by atomic mass is 10.0. The number of carbonyl (C=O) groups is 1. The largest absolute Gasteiger partial charge is 0.493 e. The summed E-state index contributed by atoms with van der Waals surface area (Å²) in [6.45, 7) is 3.54. The Morgan fingerprint density at radius 2 is 2.00 bits per heavy atom. The number of rotatable bonds is 5. The summed E-state index contributed by atoms with van der Waals surface area (Å²) in [5, 5.41) is 0.848. The number of carbonyl (C=O) groups excluding carboxylic acids is 1. The molecule has 0 saturated carbocycles. The molecule has 1 aliphatic rings. The zero-order valence-electron chi connectivity index (χ0n) is 17.1. The minimum Gasteiger partial charge on any atom is -0.493 e. The number of methoxy groups -OCH3 is 1. The van der Waals surface area contributed by atoms with Gasteiger partial charge in [0.2, 0.25) is 5.91 Å². The molecular formula is C24H24N2O3S. The van der Waals surface area contributed by atoms with Crippen LogP contribution < -0.4 is 9.47 Å². The molecule has 2 heterocycles. The van der Waals surface area contributed by atoms with Crippen LogP contribution in [0.2, 0.25) is 0 Å². The van der Waals surface area contributed by atoms with Crippen molar-refractivity contribution >= 4 is 17.7 Å². The van der Waals surface area contributed by atoms with E-state index in [1.807, 2.05) is 29.2 Å². The Morgan fingerprint density at radius 1 is 1.17 bits per heavy atom. The maximum atomic E-state index is 12.9. The lowest BCUT2D eigenvalue weighted by Crippen LogP contribution is -2.33. The van der Waals surface area contributed by atoms with Crippen LogP contribution >= 0.6 is 11.8 Å². The molecule has 0 bridgehead atoms. The van der Waals surface area contributed by atoms with E-state index in [2.05, 4.69) is 42.2 Å². The maximum absolute atomic E-state index is 12.9. The lowest BCUT2D eigenvalue weighted by Gasteiger charge is -2.20. The van der Waals surface area contributed by atoms with E-state index in [4.69, 9.17) is 9.47 Å². The van der Waals surface area contributed by atoms with Gasteiger partial charge in [-0.25, -0.2) is 4.98 Å². The molecule has 154 valence electrons. The smallest absolute Gasteiger partial charge is 0.233 e. The van der Waals surface area contributed by atoms with E-state index >= 15 is 0 Å². The number of thioether (sulfide) groups is 1. The quantitative estimate of drug-likeness (QED) is 0.566. The second-order valence-electron chi connectivity index (χ2n) is 7.15. The van der Waals surface area contributed by atoms with Gasteiger partial charge in [0, 0.05) is 18.3 Å². The van der Waals surface area contributed by atoms with Crippen molar-refractivity contribution in [3.8, 4) is 22.6 Å². The van der Waals surface area contributed by atoms with Crippen LogP contribution in [0.1, 0.15) is 11.1 Å². The van der Waals surface area contributed by atoms with E-state index in [0.717, 1.165) is 27.5 Å². The van der Waals surface area contributed by atoms with Crippen molar-refractivity contribution in [2.75, 3.05) is 26.0 Å². The van der Waals surface area contributed by atoms with Gasteiger partial charge in [-0.15, -0.1) is 0 Å². The predicted molar refractivity (Wildman–Crippen MR) is 119 cm³/mol. The highest BCUT2D eigenvalue weighted by atomic mass is 32.2. The summed E-state index contributed by atoms with van der Waals surface area (Å²) in [5.41, 5.74) is 4.32. The van der Waals surface area contributed by atoms with Crippen molar-refractivity contribution < 1.29 is 14.3 Å². The number of aromatic nitrogens is 1. The van der Waals surface area contributed by atoms with Crippen LogP contribution in [0.3, 0.4) is 0 Å². The summed E-state index contributed by atoms with van der Waals surface area (Å²) in [6, 6.07) is 18.2. The Kier molecular flexibility index (Phi) is 6.23. The van der Waals surface area contributed by atoms with Gasteiger partial charge in [0.25, 0.3) is 0 Å². The minimum absolute atomic E-state index is 0.0711. The van der Waals surface area contributed by atoms with E-state index < -0.39 is 0 Å². The van der Waals surface area contributed by atoms with Crippen LogP contribution in [0.25, 0.3) is 11.1 Å². The third-order valence-corrected chi connectivity index (χ3v) is 5.97. The highest BCUT2D eigenvalue weighted by Gasteiger charge is 2.23. The van der Waals surface area contributed by atoms with Crippen molar-refractivity contribution in [3.63, 3.8) is 0 Å². The first-order valence-electron chi connectivity index (χ1n) is 9.86. The molecule has 0 atom stereocenters. The van der Waals surface area contributed by atoms with Gasteiger partial charge in [-0.3, -0.25) is 4.79 Å². The van der Waals surface area contributed by atoms with Crippen molar-refractivity contribution in [1.82, 2.24) is 9.88 Å². The molecule has 5 nitrogen and oxygen atoms in total. The molecule has 30 heavy (non-hydrogen) atoms. The first kappa shape index (κ1) is 20.3. The van der Waals surface area contributed by atoms with Crippen molar-refractivity contribution in [1.29, 1.82) is 0 Å². The standard InChI is InChI=1S/C24H24N2O3S/c1-17-6-8-18(9-7-17)19-13-20-15-26(11-12-29-24(20)21(14-19)28-2)23(27)16-30-22-5-3-4-10-25-22/h3-10,13-14H,11-12,15-16H2,1-2H3. The Morgan fingerprint density at radius 3 is 2.73 bits per heavy atom. The third-order valence-electron chi connectivity index (χ3n) is 5.04. The van der Waals surface area contributed by atoms with Crippen LogP contribution in [0.5, 0.6) is 11.5 Å². The first-order valence-corrected chi connectivity index (χ1v) is 10.8. The summed E-state index contributed by atoms with van der Waals surface area (Å²) < 4.78 is 11.6. The third kappa shape index (κ3) is 4.60. The minimum atomic E-state index is 0.0711. The second-order valence-corrected chi connectivity index (χ2v) is 8.15. The molecular weight excluding hydrogens is 396 g/mol. The molecule has 0 N–H and O–H groups in total. The van der Waals surface area contributed by atoms with E-state index in [1.54, 1.807) is 13.3 Å². The topological polar surface area (TPSA) is 51.7 Å². The number of pyridine rings is 1. The number of aryl methyl sites for hydroxylation is 1. The normalized spacial score (nSPS) is 13.2. The molecule has 0 fully saturated rings. The molecule has 0 unspecified atom stereocenters. The van der Waals surface area contributed by atoms with Crippen LogP contribution in [0.15, 0.2) is 65.8 Å². The Bertz CT molecular complexity index is 1020. The molecule has 2 aromatic carbocycles. The molecule has 6 heteroatoms. The highest BCUT2D eigenvalue weighted by Crippen LogP contribution is 2.38. The molecule has 0 spiro atoms. The van der Waals surface area contributed by atoms with Crippen molar-refractivity contribution in [3.05, 3.63) is 71.9 Å². The van der Waals surface area contributed by atoms with E-state index in [0.29, 0.717) is 31.2 Å². The molecule has 1 aromatic heterocycles. The second kappa shape index (κ2) is 9.22. The summed E-state index contributed by atoms with van der Waals surface area (Å²) >= 11 is 1.45. The molecule has 1 amide bonds. The molecule has 0 radical (unpaired) electrons. The SMILES string of the molecule is COc1cc(-c2ccc(C)cc2)cc2c1OCCN(C(=O)CSc1ccccn1)C2. The van der Waals surface area contributed by atoms with Gasteiger partial charge in [-0.1, -0.05) is 47.7 Å². The number of hydrogen-bond acceptors (Lipinski definition) is 5. The zero-order chi connectivity index (χ0) is 20.9. The Hall–Kier alpha value is -2.99. The fourth-order valence-corrected chi connectivity index (χ4v) is 4.18. The lowest BCUT2D eigenvalue weighted by molar-refractivity contribution is -0.129. The predicted octanol–water partition coefficient (Wildman–Crippen LogP) is 4.58. The van der Waals surface area contributed by atoms with Gasteiger partial charge >= 0.3 is 0 Å². The van der Waals surface area contributed by atoms with Gasteiger partial charge < -0.3 is 14.4 Å². The van der Waals surface area contributed by atoms with E-state index in [1.165, 1.54) is 17.3 Å². The number of ether oxygens (including phenoxy) is 2. The van der Waals surface area contributed by atoms with Crippen molar-refractivity contribution in [2.45, 2.75) is 18.5 Å². The zero-order valence-corrected chi connectivity index (χ0v) is 17.9. The number of nitrogens with zero attached hydrogens (tertiary/aromatic N) is 2. The molecule has 0 saturated heterocycles. The summed E-state index contributed by atoms with van der Waals surface area (Å²) in [4.78, 5) is 19.0. The van der Waals surface area contributed by atoms with Crippen molar-refractivity contribution in [2.24, 2.45) is 0 Å². The summed E-state index contributed by atoms with van der Waals surface area (Å²) in [5.74, 6) is 1.84. The molecule has 4 rings (SSSR count). The van der Waals surface area contributed by atoms with Crippen LogP contribution in [0, 0.1) is 6.92 Å². The number of fused-ring (bicyclic) bond motifs is 1. The van der Waals surface area contributed by atoms with E-state index in [-0.39, 0.29) is 5.91 Å². The average Bonchev–Trinajstić information content (AvgIpc) is 3.00. The fraction of sp³-hybridized carbons (Fsp3) is 0.250. The Labute approximate surface area is 181 Å². The van der Waals surface area contributed by atoms with Crippen LogP contribution in [0.4, 0.5) is 0 Å². The number of benzene rings is 2. The maximum Gasteiger partial charge on any atom is 0.233 e. The van der Waals surface area contributed by atoms with Gasteiger partial charge in [0.1, 0.15) is 6.61 Å². The molecule has 1 aliphatic heterocycles. The molecule has 0 aliphatic carbocycles. The Balaban J connectivity index is 1.57. The van der Waals surface area contributed by atoms with Gasteiger partial charge in [0.05, 0.1) is 24.4 Å². The highest BCUT2D eigenvalue weighted by molar-refractivity contribution is 7.99. The number of hydrogen-bond donors (Lipinski definition) is 0. The molecule has 3 aromatic rings. The first-order chi connectivity index (χ1) is 14.6. The monoisotopic (exact) mass is 420 g/mol. The van der Waals surface area contributed by atoms with Gasteiger partial charge in [-0.2, -0.15) is 0 Å². The van der Waals surface area contributed by atoms with Gasteiger partial charge in [-0.05, 0) is 42.3 Å². The summed E-state index contributed by atoms with van der Waals surface area (Å²) in [7, 11) is 1.65. The van der Waals surface area contributed by atoms with Crippen LogP contribution in [-0.2, 0) is 11.3 Å². The van der Waals surface area contributed by atoms with Crippen LogP contribution in [-0.4, -0.2) is 41.8 Å².